The highest BCUT2D eigenvalue weighted by molar-refractivity contribution is 5.95. The van der Waals surface area contributed by atoms with E-state index in [-0.39, 0.29) is 5.41 Å². The minimum atomic E-state index is -0.258. The summed E-state index contributed by atoms with van der Waals surface area (Å²) in [7, 11) is 0. The molecule has 5 aromatic rings. The Morgan fingerprint density at radius 2 is 0.946 bits per heavy atom. The molecule has 1 aliphatic heterocycles. The molecule has 0 bridgehead atoms. The van der Waals surface area contributed by atoms with Crippen molar-refractivity contribution < 1.29 is 0 Å². The first kappa shape index (κ1) is 21.1. The number of nitrogens with one attached hydrogen (secondary N) is 2. The van der Waals surface area contributed by atoms with Gasteiger partial charge in [0.15, 0.2) is 0 Å². The van der Waals surface area contributed by atoms with Crippen molar-refractivity contribution in [1.82, 2.24) is 10.6 Å². The van der Waals surface area contributed by atoms with E-state index in [1.165, 1.54) is 55.6 Å². The third kappa shape index (κ3) is 2.88. The van der Waals surface area contributed by atoms with Crippen molar-refractivity contribution >= 4 is 0 Å². The molecule has 2 atom stereocenters. The molecule has 1 fully saturated rings. The van der Waals surface area contributed by atoms with Crippen molar-refractivity contribution in [2.75, 3.05) is 6.67 Å². The molecule has 0 amide bonds. The summed E-state index contributed by atoms with van der Waals surface area (Å²) in [5.41, 5.74) is 13.5. The maximum atomic E-state index is 3.73. The van der Waals surface area contributed by atoms with Gasteiger partial charge in [-0.15, -0.1) is 0 Å². The zero-order chi connectivity index (χ0) is 24.4. The Kier molecular flexibility index (Phi) is 4.58. The first-order valence-corrected chi connectivity index (χ1v) is 13.3. The van der Waals surface area contributed by atoms with E-state index in [0.717, 1.165) is 13.1 Å². The molecule has 2 nitrogen and oxygen atoms in total. The van der Waals surface area contributed by atoms with Crippen molar-refractivity contribution in [3.8, 4) is 22.3 Å². The van der Waals surface area contributed by atoms with Crippen LogP contribution in [0.1, 0.15) is 51.9 Å². The van der Waals surface area contributed by atoms with Crippen molar-refractivity contribution in [2.24, 2.45) is 0 Å². The summed E-state index contributed by atoms with van der Waals surface area (Å²) >= 11 is 0. The molecule has 1 heterocycles. The maximum Gasteiger partial charge on any atom is 0.0725 e. The minimum Gasteiger partial charge on any atom is -0.297 e. The van der Waals surface area contributed by atoms with E-state index in [0.29, 0.717) is 12.1 Å². The van der Waals surface area contributed by atoms with Crippen LogP contribution in [-0.4, -0.2) is 6.67 Å². The average molecular weight is 477 g/mol. The van der Waals surface area contributed by atoms with Crippen LogP contribution in [-0.2, 0) is 5.41 Å². The van der Waals surface area contributed by atoms with Crippen LogP contribution >= 0.6 is 0 Å². The first-order valence-electron chi connectivity index (χ1n) is 13.3. The van der Waals surface area contributed by atoms with Crippen molar-refractivity contribution in [3.05, 3.63) is 155 Å². The predicted molar refractivity (Wildman–Crippen MR) is 150 cm³/mol. The molecule has 5 aromatic carbocycles. The van der Waals surface area contributed by atoms with Crippen LogP contribution in [0, 0.1) is 0 Å². The van der Waals surface area contributed by atoms with E-state index < -0.39 is 0 Å². The van der Waals surface area contributed by atoms with Crippen LogP contribution in [0.5, 0.6) is 0 Å². The molecular weight excluding hydrogens is 448 g/mol. The Labute approximate surface area is 218 Å². The normalized spacial score (nSPS) is 20.2. The fourth-order valence-corrected chi connectivity index (χ4v) is 7.23. The quantitative estimate of drug-likeness (QED) is 0.273. The summed E-state index contributed by atoms with van der Waals surface area (Å²) in [6.45, 7) is 0.808. The van der Waals surface area contributed by atoms with Crippen LogP contribution in [0.15, 0.2) is 121 Å². The lowest BCUT2D eigenvalue weighted by atomic mass is 9.70. The van der Waals surface area contributed by atoms with Crippen molar-refractivity contribution in [3.63, 3.8) is 0 Å². The zero-order valence-electron chi connectivity index (χ0n) is 20.6. The van der Waals surface area contributed by atoms with Gasteiger partial charge in [0.1, 0.15) is 0 Å². The number of fused-ring (bicyclic) bond motifs is 10. The molecule has 2 N–H and O–H groups in total. The van der Waals surface area contributed by atoms with Crippen molar-refractivity contribution in [1.29, 1.82) is 0 Å². The average Bonchev–Trinajstić information content (AvgIpc) is 3.45. The fourth-order valence-electron chi connectivity index (χ4n) is 7.23. The van der Waals surface area contributed by atoms with Gasteiger partial charge in [0.2, 0.25) is 0 Å². The third-order valence-corrected chi connectivity index (χ3v) is 8.79. The van der Waals surface area contributed by atoms with Crippen molar-refractivity contribution in [2.45, 2.75) is 23.9 Å². The van der Waals surface area contributed by atoms with Crippen LogP contribution in [0.4, 0.5) is 0 Å². The lowest BCUT2D eigenvalue weighted by molar-refractivity contribution is 0.324. The van der Waals surface area contributed by atoms with Gasteiger partial charge in [-0.25, -0.2) is 0 Å². The predicted octanol–water partition coefficient (Wildman–Crippen LogP) is 7.35. The third-order valence-electron chi connectivity index (χ3n) is 8.79. The summed E-state index contributed by atoms with van der Waals surface area (Å²) in [5.74, 6) is 0. The van der Waals surface area contributed by atoms with Gasteiger partial charge in [-0.3, -0.25) is 10.6 Å². The lowest BCUT2D eigenvalue weighted by Crippen LogP contribution is -2.42. The van der Waals surface area contributed by atoms with Crippen LogP contribution in [0.25, 0.3) is 22.3 Å². The van der Waals surface area contributed by atoms with Gasteiger partial charge >= 0.3 is 0 Å². The molecule has 37 heavy (non-hydrogen) atoms. The lowest BCUT2D eigenvalue weighted by Gasteiger charge is -2.33. The molecular formula is C35H28N2. The molecule has 3 aliphatic rings. The fraction of sp³-hybridized carbons (Fsp3) is 0.143. The molecule has 1 spiro atoms. The van der Waals surface area contributed by atoms with Gasteiger partial charge in [0.25, 0.3) is 0 Å². The summed E-state index contributed by atoms with van der Waals surface area (Å²) in [6, 6.07) is 45.8. The van der Waals surface area contributed by atoms with Gasteiger partial charge in [-0.1, -0.05) is 115 Å². The molecule has 8 rings (SSSR count). The summed E-state index contributed by atoms with van der Waals surface area (Å²) in [5, 5.41) is 7.39. The number of hydrogen-bond acceptors (Lipinski definition) is 2. The Balaban J connectivity index is 1.30. The second kappa shape index (κ2) is 8.01. The Morgan fingerprint density at radius 1 is 0.459 bits per heavy atom. The molecule has 2 unspecified atom stereocenters. The van der Waals surface area contributed by atoms with E-state index in [2.05, 4.69) is 132 Å². The molecule has 2 heteroatoms. The first-order chi connectivity index (χ1) is 18.4. The number of hydrogen-bond donors (Lipinski definition) is 2. The highest BCUT2D eigenvalue weighted by atomic mass is 15.1. The Morgan fingerprint density at radius 3 is 1.57 bits per heavy atom. The second-order valence-electron chi connectivity index (χ2n) is 10.5. The van der Waals surface area contributed by atoms with Crippen LogP contribution < -0.4 is 10.6 Å². The van der Waals surface area contributed by atoms with Crippen LogP contribution in [0.2, 0.25) is 0 Å². The summed E-state index contributed by atoms with van der Waals surface area (Å²) in [4.78, 5) is 0. The highest BCUT2D eigenvalue weighted by Crippen LogP contribution is 2.62. The van der Waals surface area contributed by atoms with Gasteiger partial charge < -0.3 is 0 Å². The van der Waals surface area contributed by atoms with E-state index in [1.54, 1.807) is 0 Å². The highest BCUT2D eigenvalue weighted by Gasteiger charge is 2.51. The smallest absolute Gasteiger partial charge is 0.0725 e. The van der Waals surface area contributed by atoms with E-state index in [9.17, 15) is 0 Å². The Bertz CT molecular complexity index is 1610. The molecule has 0 aromatic heterocycles. The molecule has 0 radical (unpaired) electrons. The summed E-state index contributed by atoms with van der Waals surface area (Å²) < 4.78 is 0. The van der Waals surface area contributed by atoms with Gasteiger partial charge in [-0.2, -0.15) is 0 Å². The topological polar surface area (TPSA) is 24.1 Å². The molecule has 2 aliphatic carbocycles. The van der Waals surface area contributed by atoms with Gasteiger partial charge in [-0.05, 0) is 68.1 Å². The van der Waals surface area contributed by atoms with E-state index in [4.69, 9.17) is 0 Å². The van der Waals surface area contributed by atoms with E-state index in [1.807, 2.05) is 0 Å². The van der Waals surface area contributed by atoms with E-state index >= 15 is 0 Å². The molecule has 1 saturated heterocycles. The number of rotatable bonds is 2. The standard InChI is InChI=1S/C35H28N2/c1-2-10-23(11-3-1)33-21-34(37-22-36-33)24-18-19-32-28(20-24)27-14-6-9-17-31(27)35(32)29-15-7-4-12-25(29)26-13-5-8-16-30(26)35/h1-20,33-34,36-37H,21-22H2. The largest absolute Gasteiger partial charge is 0.297 e. The summed E-state index contributed by atoms with van der Waals surface area (Å²) in [6.07, 6.45) is 1.03. The van der Waals surface area contributed by atoms with Gasteiger partial charge in [0, 0.05) is 18.8 Å². The molecule has 178 valence electrons. The van der Waals surface area contributed by atoms with Crippen LogP contribution in [0.3, 0.4) is 0 Å². The second-order valence-corrected chi connectivity index (χ2v) is 10.5. The minimum absolute atomic E-state index is 0.258. The maximum absolute atomic E-state index is 3.73. The monoisotopic (exact) mass is 476 g/mol. The van der Waals surface area contributed by atoms with Gasteiger partial charge in [0.05, 0.1) is 5.41 Å². The molecule has 0 saturated carbocycles. The Hall–Kier alpha value is -3.98. The number of benzene rings is 5. The zero-order valence-corrected chi connectivity index (χ0v) is 20.6. The SMILES string of the molecule is c1ccc(C2CC(c3ccc4c(c3)-c3ccccc3C43c4ccccc4-c4ccccc43)NCN2)cc1.